The Morgan fingerprint density at radius 2 is 2.07 bits per heavy atom. The molecule has 0 saturated heterocycles. The van der Waals surface area contributed by atoms with E-state index in [9.17, 15) is 4.79 Å². The smallest absolute Gasteiger partial charge is 0.251 e. The van der Waals surface area contributed by atoms with Crippen molar-refractivity contribution in [3.05, 3.63) is 45.7 Å². The van der Waals surface area contributed by atoms with Crippen molar-refractivity contribution in [2.75, 3.05) is 0 Å². The fourth-order valence-corrected chi connectivity index (χ4v) is 1.62. The summed E-state index contributed by atoms with van der Waals surface area (Å²) in [6, 6.07) is 8.06. The van der Waals surface area contributed by atoms with Crippen LogP contribution in [0.15, 0.2) is 29.1 Å². The zero-order chi connectivity index (χ0) is 10.1. The van der Waals surface area contributed by atoms with Crippen molar-refractivity contribution >= 4 is 10.9 Å². The predicted octanol–water partition coefficient (Wildman–Crippen LogP) is 2.40. The molecule has 2 nitrogen and oxygen atoms in total. The van der Waals surface area contributed by atoms with Gasteiger partial charge in [0.25, 0.3) is 5.56 Å². The second kappa shape index (κ2) is 3.29. The molecule has 0 saturated carbocycles. The summed E-state index contributed by atoms with van der Waals surface area (Å²) in [5, 5.41) is 1.10. The highest BCUT2D eigenvalue weighted by Crippen LogP contribution is 2.12. The van der Waals surface area contributed by atoms with Crippen LogP contribution in [0.4, 0.5) is 0 Å². The molecule has 2 rings (SSSR count). The molecule has 1 heterocycles. The number of benzene rings is 1. The molecule has 0 bridgehead atoms. The quantitative estimate of drug-likeness (QED) is 0.730. The molecular weight excluding hydrogens is 174 g/mol. The van der Waals surface area contributed by atoms with Crippen LogP contribution < -0.4 is 5.56 Å². The predicted molar refractivity (Wildman–Crippen MR) is 58.7 cm³/mol. The van der Waals surface area contributed by atoms with Gasteiger partial charge in [0, 0.05) is 11.1 Å². The Morgan fingerprint density at radius 3 is 2.79 bits per heavy atom. The van der Waals surface area contributed by atoms with Gasteiger partial charge in [-0.3, -0.25) is 4.79 Å². The summed E-state index contributed by atoms with van der Waals surface area (Å²) in [5.74, 6) is 0. The Bertz CT molecular complexity index is 525. The van der Waals surface area contributed by atoms with Crippen molar-refractivity contribution < 1.29 is 0 Å². The van der Waals surface area contributed by atoms with E-state index in [2.05, 4.69) is 11.1 Å². The Labute approximate surface area is 82.6 Å². The molecule has 2 aromatic rings. The molecule has 1 aromatic heterocycles. The number of hydrogen-bond acceptors (Lipinski definition) is 1. The molecule has 0 aliphatic carbocycles. The highest BCUT2D eigenvalue weighted by molar-refractivity contribution is 5.79. The summed E-state index contributed by atoms with van der Waals surface area (Å²) in [6.07, 6.45) is 0.777. The molecule has 0 fully saturated rings. The van der Waals surface area contributed by atoms with E-state index in [4.69, 9.17) is 0 Å². The summed E-state index contributed by atoms with van der Waals surface area (Å²) in [6.45, 7) is 4.01. The number of nitrogens with one attached hydrogen (secondary N) is 1. The van der Waals surface area contributed by atoms with Crippen molar-refractivity contribution in [2.24, 2.45) is 0 Å². The number of rotatable bonds is 1. The minimum Gasteiger partial charge on any atom is -0.322 e. The molecule has 0 aliphatic rings. The summed E-state index contributed by atoms with van der Waals surface area (Å²) in [7, 11) is 0. The van der Waals surface area contributed by atoms with E-state index in [1.807, 2.05) is 32.0 Å². The van der Waals surface area contributed by atoms with Gasteiger partial charge < -0.3 is 4.98 Å². The molecular formula is C12H13NO. The first-order chi connectivity index (χ1) is 6.70. The SMILES string of the molecule is CCc1cc2ccc(C)cc2[nH]c1=O. The molecule has 0 atom stereocenters. The number of aromatic amines is 1. The second-order valence-corrected chi connectivity index (χ2v) is 3.57. The molecule has 14 heavy (non-hydrogen) atoms. The monoisotopic (exact) mass is 187 g/mol. The topological polar surface area (TPSA) is 32.9 Å². The van der Waals surface area contributed by atoms with Crippen LogP contribution in [0.25, 0.3) is 10.9 Å². The fraction of sp³-hybridized carbons (Fsp3) is 0.250. The lowest BCUT2D eigenvalue weighted by Crippen LogP contribution is -2.11. The number of hydrogen-bond donors (Lipinski definition) is 1. The molecule has 0 amide bonds. The maximum Gasteiger partial charge on any atom is 0.251 e. The van der Waals surface area contributed by atoms with Crippen LogP contribution in [-0.2, 0) is 6.42 Å². The molecule has 0 aliphatic heterocycles. The summed E-state index contributed by atoms with van der Waals surface area (Å²) in [5.41, 5.74) is 2.97. The maximum atomic E-state index is 11.5. The van der Waals surface area contributed by atoms with Crippen LogP contribution in [0.5, 0.6) is 0 Å². The van der Waals surface area contributed by atoms with Crippen LogP contribution in [0.1, 0.15) is 18.1 Å². The highest BCUT2D eigenvalue weighted by Gasteiger charge is 2.00. The summed E-state index contributed by atoms with van der Waals surface area (Å²) < 4.78 is 0. The molecule has 2 heteroatoms. The van der Waals surface area contributed by atoms with Crippen LogP contribution in [0.2, 0.25) is 0 Å². The zero-order valence-corrected chi connectivity index (χ0v) is 8.42. The minimum absolute atomic E-state index is 0.0330. The van der Waals surface area contributed by atoms with E-state index in [1.165, 1.54) is 0 Å². The van der Waals surface area contributed by atoms with Gasteiger partial charge in [0.15, 0.2) is 0 Å². The molecule has 0 unspecified atom stereocenters. The van der Waals surface area contributed by atoms with E-state index in [-0.39, 0.29) is 5.56 Å². The van der Waals surface area contributed by atoms with Gasteiger partial charge >= 0.3 is 0 Å². The third-order valence-corrected chi connectivity index (χ3v) is 2.46. The Balaban J connectivity index is 2.79. The van der Waals surface area contributed by atoms with Gasteiger partial charge in [0.1, 0.15) is 0 Å². The van der Waals surface area contributed by atoms with Crippen molar-refractivity contribution in [1.29, 1.82) is 0 Å². The van der Waals surface area contributed by atoms with Crippen molar-refractivity contribution in [3.63, 3.8) is 0 Å². The average Bonchev–Trinajstić information content (AvgIpc) is 2.16. The lowest BCUT2D eigenvalue weighted by Gasteiger charge is -2.01. The van der Waals surface area contributed by atoms with Gasteiger partial charge in [-0.25, -0.2) is 0 Å². The molecule has 72 valence electrons. The maximum absolute atomic E-state index is 11.5. The number of fused-ring (bicyclic) bond motifs is 1. The molecule has 1 N–H and O–H groups in total. The van der Waals surface area contributed by atoms with Gasteiger partial charge in [-0.15, -0.1) is 0 Å². The Kier molecular flexibility index (Phi) is 2.12. The number of H-pyrrole nitrogens is 1. The average molecular weight is 187 g/mol. The second-order valence-electron chi connectivity index (χ2n) is 3.57. The van der Waals surface area contributed by atoms with Crippen LogP contribution in [0.3, 0.4) is 0 Å². The summed E-state index contributed by atoms with van der Waals surface area (Å²) in [4.78, 5) is 14.4. The van der Waals surface area contributed by atoms with Gasteiger partial charge in [-0.05, 0) is 36.4 Å². The van der Waals surface area contributed by atoms with Crippen molar-refractivity contribution in [1.82, 2.24) is 4.98 Å². The van der Waals surface area contributed by atoms with Gasteiger partial charge in [-0.2, -0.15) is 0 Å². The van der Waals surface area contributed by atoms with Crippen LogP contribution in [-0.4, -0.2) is 4.98 Å². The lowest BCUT2D eigenvalue weighted by molar-refractivity contribution is 1.08. The van der Waals surface area contributed by atoms with Crippen molar-refractivity contribution in [2.45, 2.75) is 20.3 Å². The fourth-order valence-electron chi connectivity index (χ4n) is 1.62. The summed E-state index contributed by atoms with van der Waals surface area (Å²) >= 11 is 0. The molecule has 1 aromatic carbocycles. The van der Waals surface area contributed by atoms with E-state index in [1.54, 1.807) is 0 Å². The zero-order valence-electron chi connectivity index (χ0n) is 8.42. The van der Waals surface area contributed by atoms with E-state index < -0.39 is 0 Å². The van der Waals surface area contributed by atoms with Crippen LogP contribution in [0, 0.1) is 6.92 Å². The highest BCUT2D eigenvalue weighted by atomic mass is 16.1. The first-order valence-corrected chi connectivity index (χ1v) is 4.83. The van der Waals surface area contributed by atoms with E-state index >= 15 is 0 Å². The van der Waals surface area contributed by atoms with Gasteiger partial charge in [-0.1, -0.05) is 19.1 Å². The van der Waals surface area contributed by atoms with Gasteiger partial charge in [0.05, 0.1) is 0 Å². The van der Waals surface area contributed by atoms with E-state index in [0.717, 1.165) is 28.5 Å². The third-order valence-electron chi connectivity index (χ3n) is 2.46. The minimum atomic E-state index is 0.0330. The van der Waals surface area contributed by atoms with E-state index in [0.29, 0.717) is 0 Å². The largest absolute Gasteiger partial charge is 0.322 e. The number of pyridine rings is 1. The number of aromatic nitrogens is 1. The Morgan fingerprint density at radius 1 is 1.29 bits per heavy atom. The van der Waals surface area contributed by atoms with Gasteiger partial charge in [0.2, 0.25) is 0 Å². The third kappa shape index (κ3) is 1.43. The first-order valence-electron chi connectivity index (χ1n) is 4.83. The molecule has 0 spiro atoms. The number of aryl methyl sites for hydroxylation is 2. The lowest BCUT2D eigenvalue weighted by atomic mass is 10.1. The first kappa shape index (κ1) is 9.00. The standard InChI is InChI=1S/C12H13NO/c1-3-9-7-10-5-4-8(2)6-11(10)13-12(9)14/h4-7H,3H2,1-2H3,(H,13,14). The van der Waals surface area contributed by atoms with Crippen LogP contribution >= 0.6 is 0 Å². The normalized spacial score (nSPS) is 10.7. The van der Waals surface area contributed by atoms with Crippen molar-refractivity contribution in [3.8, 4) is 0 Å². The molecule has 0 radical (unpaired) electrons. The Hall–Kier alpha value is -1.57.